The molecule has 10 rings (SSSR count). The molecule has 50 heavy (non-hydrogen) atoms. The van der Waals surface area contributed by atoms with Gasteiger partial charge in [0.15, 0.2) is 0 Å². The fraction of sp³-hybridized carbons (Fsp3) is 0. The third-order valence-corrected chi connectivity index (χ3v) is 10.0. The van der Waals surface area contributed by atoms with Crippen LogP contribution in [0.5, 0.6) is 0 Å². The Kier molecular flexibility index (Phi) is 6.53. The number of fused-ring (bicyclic) bond motifs is 8. The lowest BCUT2D eigenvalue weighted by molar-refractivity contribution is 0.669. The summed E-state index contributed by atoms with van der Waals surface area (Å²) in [6.07, 6.45) is 0. The van der Waals surface area contributed by atoms with E-state index in [1.54, 1.807) is 0 Å². The van der Waals surface area contributed by atoms with Crippen LogP contribution in [0.1, 0.15) is 0 Å². The van der Waals surface area contributed by atoms with E-state index in [-0.39, 0.29) is 0 Å². The van der Waals surface area contributed by atoms with Crippen molar-refractivity contribution in [3.05, 3.63) is 188 Å². The molecular formula is C48H31NO. The van der Waals surface area contributed by atoms with E-state index in [0.717, 1.165) is 39.0 Å². The van der Waals surface area contributed by atoms with Crippen molar-refractivity contribution >= 4 is 71.3 Å². The topological polar surface area (TPSA) is 16.4 Å². The Hall–Kier alpha value is -6.64. The summed E-state index contributed by atoms with van der Waals surface area (Å²) in [5, 5.41) is 9.73. The molecule has 9 aromatic carbocycles. The van der Waals surface area contributed by atoms with Crippen LogP contribution in [0.3, 0.4) is 0 Å². The zero-order valence-corrected chi connectivity index (χ0v) is 27.3. The molecule has 0 aliphatic carbocycles. The first-order valence-electron chi connectivity index (χ1n) is 17.1. The van der Waals surface area contributed by atoms with Crippen LogP contribution >= 0.6 is 0 Å². The van der Waals surface area contributed by atoms with Crippen molar-refractivity contribution in [1.82, 2.24) is 0 Å². The average Bonchev–Trinajstić information content (AvgIpc) is 3.57. The van der Waals surface area contributed by atoms with Gasteiger partial charge in [0.1, 0.15) is 11.2 Å². The van der Waals surface area contributed by atoms with Gasteiger partial charge in [-0.1, -0.05) is 133 Å². The van der Waals surface area contributed by atoms with Gasteiger partial charge in [-0.25, -0.2) is 0 Å². The van der Waals surface area contributed by atoms with Gasteiger partial charge < -0.3 is 9.32 Å². The summed E-state index contributed by atoms with van der Waals surface area (Å²) in [7, 11) is 0. The second-order valence-electron chi connectivity index (χ2n) is 12.9. The van der Waals surface area contributed by atoms with Crippen molar-refractivity contribution in [3.8, 4) is 22.3 Å². The minimum atomic E-state index is 0.880. The lowest BCUT2D eigenvalue weighted by atomic mass is 9.93. The fourth-order valence-corrected chi connectivity index (χ4v) is 7.73. The second kappa shape index (κ2) is 11.5. The standard InChI is InChI=1S/C48H31NO/c1-3-13-32(14-4-1)44-31-47-48(42-22-12-11-21-41(42)44)45-30-37(27-28-46(45)50-47)49(35-16-5-2-6-17-35)36-25-23-33(24-26-36)43-29-34-15-7-8-18-38(34)39-19-9-10-20-40(39)43/h1-31H. The third kappa shape index (κ3) is 4.57. The Morgan fingerprint density at radius 1 is 0.320 bits per heavy atom. The predicted molar refractivity (Wildman–Crippen MR) is 212 cm³/mol. The minimum Gasteiger partial charge on any atom is -0.456 e. The van der Waals surface area contributed by atoms with Crippen molar-refractivity contribution in [3.63, 3.8) is 0 Å². The predicted octanol–water partition coefficient (Wildman–Crippen LogP) is 13.8. The van der Waals surface area contributed by atoms with Crippen molar-refractivity contribution in [1.29, 1.82) is 0 Å². The summed E-state index contributed by atoms with van der Waals surface area (Å²) in [5.74, 6) is 0. The molecule has 0 atom stereocenters. The Morgan fingerprint density at radius 3 is 1.62 bits per heavy atom. The molecule has 0 saturated heterocycles. The van der Waals surface area contributed by atoms with Crippen molar-refractivity contribution < 1.29 is 4.42 Å². The molecule has 0 spiro atoms. The first-order chi connectivity index (χ1) is 24.8. The van der Waals surface area contributed by atoms with Gasteiger partial charge in [-0.2, -0.15) is 0 Å². The Bertz CT molecular complexity index is 2850. The maximum atomic E-state index is 6.58. The molecule has 10 aromatic rings. The SMILES string of the molecule is c1ccc(-c2cc3oc4ccc(N(c5ccccc5)c5ccc(-c6cc7ccccc7c7ccccc67)cc5)cc4c3c3ccccc23)cc1. The molecule has 0 aliphatic rings. The molecule has 0 unspecified atom stereocenters. The molecular weight excluding hydrogens is 607 g/mol. The van der Waals surface area contributed by atoms with Crippen LogP contribution in [-0.2, 0) is 0 Å². The van der Waals surface area contributed by atoms with Crippen LogP contribution in [0.2, 0.25) is 0 Å². The van der Waals surface area contributed by atoms with Crippen LogP contribution in [0.15, 0.2) is 192 Å². The maximum Gasteiger partial charge on any atom is 0.136 e. The molecule has 1 heterocycles. The van der Waals surface area contributed by atoms with E-state index in [1.807, 2.05) is 0 Å². The van der Waals surface area contributed by atoms with Gasteiger partial charge in [0, 0.05) is 27.8 Å². The summed E-state index contributed by atoms with van der Waals surface area (Å²) < 4.78 is 6.58. The molecule has 2 nitrogen and oxygen atoms in total. The van der Waals surface area contributed by atoms with Crippen LogP contribution in [0.4, 0.5) is 17.1 Å². The summed E-state index contributed by atoms with van der Waals surface area (Å²) in [4.78, 5) is 2.33. The fourth-order valence-electron chi connectivity index (χ4n) is 7.73. The maximum absolute atomic E-state index is 6.58. The number of benzene rings is 9. The van der Waals surface area contributed by atoms with Crippen LogP contribution < -0.4 is 4.90 Å². The van der Waals surface area contributed by atoms with Gasteiger partial charge in [0.25, 0.3) is 0 Å². The van der Waals surface area contributed by atoms with Crippen LogP contribution in [0, 0.1) is 0 Å². The number of rotatable bonds is 5. The highest BCUT2D eigenvalue weighted by molar-refractivity contribution is 6.22. The van der Waals surface area contributed by atoms with E-state index in [2.05, 4.69) is 193 Å². The number of para-hydroxylation sites is 1. The smallest absolute Gasteiger partial charge is 0.136 e. The summed E-state index contributed by atoms with van der Waals surface area (Å²) in [6, 6.07) is 67.3. The highest BCUT2D eigenvalue weighted by Gasteiger charge is 2.19. The van der Waals surface area contributed by atoms with Gasteiger partial charge in [-0.15, -0.1) is 0 Å². The molecule has 0 fully saturated rings. The molecule has 0 amide bonds. The molecule has 2 heteroatoms. The molecule has 234 valence electrons. The first-order valence-corrected chi connectivity index (χ1v) is 17.1. The third-order valence-electron chi connectivity index (χ3n) is 10.0. The lowest BCUT2D eigenvalue weighted by Gasteiger charge is -2.26. The number of hydrogen-bond donors (Lipinski definition) is 0. The summed E-state index contributed by atoms with van der Waals surface area (Å²) in [6.45, 7) is 0. The van der Waals surface area contributed by atoms with E-state index in [0.29, 0.717) is 0 Å². The zero-order valence-electron chi connectivity index (χ0n) is 27.3. The van der Waals surface area contributed by atoms with Crippen molar-refractivity contribution in [2.45, 2.75) is 0 Å². The van der Waals surface area contributed by atoms with Crippen LogP contribution in [0.25, 0.3) is 76.5 Å². The number of furan rings is 1. The van der Waals surface area contributed by atoms with E-state index < -0.39 is 0 Å². The van der Waals surface area contributed by atoms with Crippen molar-refractivity contribution in [2.75, 3.05) is 4.90 Å². The molecule has 0 bridgehead atoms. The van der Waals surface area contributed by atoms with E-state index in [9.17, 15) is 0 Å². The molecule has 0 N–H and O–H groups in total. The normalized spacial score (nSPS) is 11.6. The summed E-state index contributed by atoms with van der Waals surface area (Å²) in [5.41, 5.74) is 9.84. The zero-order chi connectivity index (χ0) is 33.0. The first kappa shape index (κ1) is 28.4. The molecule has 0 aliphatic heterocycles. The average molecular weight is 638 g/mol. The highest BCUT2D eigenvalue weighted by atomic mass is 16.3. The number of hydrogen-bond acceptors (Lipinski definition) is 2. The van der Waals surface area contributed by atoms with Crippen LogP contribution in [-0.4, -0.2) is 0 Å². The molecule has 0 saturated carbocycles. The van der Waals surface area contributed by atoms with E-state index >= 15 is 0 Å². The van der Waals surface area contributed by atoms with E-state index in [1.165, 1.54) is 54.6 Å². The monoisotopic (exact) mass is 637 g/mol. The quantitative estimate of drug-likeness (QED) is 0.175. The molecule has 1 aromatic heterocycles. The Balaban J connectivity index is 1.13. The second-order valence-corrected chi connectivity index (χ2v) is 12.9. The number of anilines is 3. The minimum absolute atomic E-state index is 0.880. The largest absolute Gasteiger partial charge is 0.456 e. The Morgan fingerprint density at radius 2 is 0.860 bits per heavy atom. The van der Waals surface area contributed by atoms with Gasteiger partial charge in [0.2, 0.25) is 0 Å². The Labute approximate surface area is 290 Å². The van der Waals surface area contributed by atoms with Gasteiger partial charge in [-0.05, 0) is 109 Å². The van der Waals surface area contributed by atoms with E-state index in [4.69, 9.17) is 4.42 Å². The lowest BCUT2D eigenvalue weighted by Crippen LogP contribution is -2.09. The van der Waals surface area contributed by atoms with Gasteiger partial charge >= 0.3 is 0 Å². The van der Waals surface area contributed by atoms with Crippen molar-refractivity contribution in [2.24, 2.45) is 0 Å². The van der Waals surface area contributed by atoms with Gasteiger partial charge in [-0.3, -0.25) is 0 Å². The molecule has 0 radical (unpaired) electrons. The highest BCUT2D eigenvalue weighted by Crippen LogP contribution is 2.44. The van der Waals surface area contributed by atoms with Gasteiger partial charge in [0.05, 0.1) is 0 Å². The number of nitrogens with zero attached hydrogens (tertiary/aromatic N) is 1. The summed E-state index contributed by atoms with van der Waals surface area (Å²) >= 11 is 0.